The highest BCUT2D eigenvalue weighted by Gasteiger charge is 2.27. The molecule has 0 saturated heterocycles. The standard InChI is InChI=1S/C29H38ClN5O4/c1-7-39-27-23(17-21(30)19-31-27)24(36)13-14-29(3,4)18-25(37)32-26-20(2)34(16-15-33(5)6)35(28(26)38)22-11-9-8-10-12-22/h8-12,17,19H,7,13-16,18H2,1-6H3,(H,32,37). The number of likely N-dealkylation sites (N-methyl/N-ethyl adjacent to an activating group) is 1. The first kappa shape index (κ1) is 30.1. The zero-order valence-corrected chi connectivity index (χ0v) is 24.3. The molecule has 9 nitrogen and oxygen atoms in total. The van der Waals surface area contributed by atoms with Gasteiger partial charge in [-0.25, -0.2) is 9.67 Å². The van der Waals surface area contributed by atoms with E-state index in [1.165, 1.54) is 6.20 Å². The number of hydrogen-bond acceptors (Lipinski definition) is 6. The van der Waals surface area contributed by atoms with E-state index in [2.05, 4.69) is 10.3 Å². The fourth-order valence-corrected chi connectivity index (χ4v) is 4.51. The smallest absolute Gasteiger partial charge is 0.295 e. The van der Waals surface area contributed by atoms with Crippen LogP contribution >= 0.6 is 11.6 Å². The second kappa shape index (κ2) is 13.1. The third kappa shape index (κ3) is 7.80. The highest BCUT2D eigenvalue weighted by atomic mass is 35.5. The zero-order valence-electron chi connectivity index (χ0n) is 23.6. The van der Waals surface area contributed by atoms with Crippen LogP contribution in [0.4, 0.5) is 5.69 Å². The van der Waals surface area contributed by atoms with E-state index in [4.69, 9.17) is 16.3 Å². The normalized spacial score (nSPS) is 11.6. The van der Waals surface area contributed by atoms with Crippen LogP contribution in [0.15, 0.2) is 47.4 Å². The van der Waals surface area contributed by atoms with Gasteiger partial charge in [-0.3, -0.25) is 19.1 Å². The molecule has 39 heavy (non-hydrogen) atoms. The second-order valence-corrected chi connectivity index (χ2v) is 11.0. The van der Waals surface area contributed by atoms with E-state index in [9.17, 15) is 14.4 Å². The molecule has 1 amide bonds. The van der Waals surface area contributed by atoms with E-state index in [-0.39, 0.29) is 41.7 Å². The Morgan fingerprint density at radius 3 is 2.51 bits per heavy atom. The zero-order chi connectivity index (χ0) is 28.7. The molecule has 10 heteroatoms. The summed E-state index contributed by atoms with van der Waals surface area (Å²) in [7, 11) is 3.94. The SMILES string of the molecule is CCOc1ncc(Cl)cc1C(=O)CCC(C)(C)CC(=O)Nc1c(C)n(CCN(C)C)n(-c2ccccc2)c1=O. The van der Waals surface area contributed by atoms with Gasteiger partial charge >= 0.3 is 0 Å². The molecule has 0 fully saturated rings. The minimum Gasteiger partial charge on any atom is -0.477 e. The number of aromatic nitrogens is 3. The molecule has 3 rings (SSSR count). The van der Waals surface area contributed by atoms with Gasteiger partial charge in [-0.05, 0) is 58.0 Å². The predicted octanol–water partition coefficient (Wildman–Crippen LogP) is 4.97. The number of ketones is 1. The molecular weight excluding hydrogens is 518 g/mol. The molecule has 210 valence electrons. The highest BCUT2D eigenvalue weighted by Crippen LogP contribution is 2.30. The largest absolute Gasteiger partial charge is 0.477 e. The molecule has 0 saturated carbocycles. The molecule has 0 radical (unpaired) electrons. The van der Waals surface area contributed by atoms with E-state index in [0.717, 1.165) is 12.2 Å². The van der Waals surface area contributed by atoms with Gasteiger partial charge in [0.05, 0.1) is 35.1 Å². The van der Waals surface area contributed by atoms with Gasteiger partial charge in [0, 0.05) is 25.6 Å². The highest BCUT2D eigenvalue weighted by molar-refractivity contribution is 6.30. The molecular formula is C29H38ClN5O4. The Bertz CT molecular complexity index is 1360. The number of Topliss-reactive ketones (excluding diaryl/α,β-unsaturated/α-hetero) is 1. The lowest BCUT2D eigenvalue weighted by molar-refractivity contribution is -0.118. The maximum Gasteiger partial charge on any atom is 0.295 e. The first-order valence-electron chi connectivity index (χ1n) is 13.1. The Hall–Kier alpha value is -3.43. The number of ether oxygens (including phenoxy) is 1. The molecule has 3 aromatic rings. The fraction of sp³-hybridized carbons (Fsp3) is 0.448. The molecule has 0 aliphatic rings. The van der Waals surface area contributed by atoms with E-state index in [1.54, 1.807) is 10.7 Å². The Balaban J connectivity index is 1.75. The molecule has 0 bridgehead atoms. The number of para-hydroxylation sites is 1. The van der Waals surface area contributed by atoms with E-state index in [1.807, 2.05) is 81.7 Å². The molecule has 0 aliphatic carbocycles. The lowest BCUT2D eigenvalue weighted by Gasteiger charge is -2.23. The van der Waals surface area contributed by atoms with Crippen molar-refractivity contribution in [3.8, 4) is 11.6 Å². The number of anilines is 1. The number of halogens is 1. The van der Waals surface area contributed by atoms with Crippen molar-refractivity contribution in [3.63, 3.8) is 0 Å². The summed E-state index contributed by atoms with van der Waals surface area (Å²) in [5.74, 6) is -0.176. The lowest BCUT2D eigenvalue weighted by atomic mass is 9.83. The van der Waals surface area contributed by atoms with E-state index in [0.29, 0.717) is 35.9 Å². The number of hydrogen-bond donors (Lipinski definition) is 1. The molecule has 1 aromatic carbocycles. The van der Waals surface area contributed by atoms with Crippen molar-refractivity contribution < 1.29 is 14.3 Å². The number of rotatable bonds is 13. The molecule has 0 aliphatic heterocycles. The van der Waals surface area contributed by atoms with Crippen LogP contribution in [0.5, 0.6) is 5.88 Å². The maximum atomic E-state index is 13.5. The van der Waals surface area contributed by atoms with Crippen LogP contribution < -0.4 is 15.6 Å². The number of nitrogens with zero attached hydrogens (tertiary/aromatic N) is 4. The van der Waals surface area contributed by atoms with Crippen molar-refractivity contribution in [1.82, 2.24) is 19.2 Å². The number of carbonyl (C=O) groups excluding carboxylic acids is 2. The molecule has 0 spiro atoms. The minimum absolute atomic E-state index is 0.138. The fourth-order valence-electron chi connectivity index (χ4n) is 4.35. The quantitative estimate of drug-likeness (QED) is 0.299. The van der Waals surface area contributed by atoms with Crippen molar-refractivity contribution in [2.24, 2.45) is 5.41 Å². The van der Waals surface area contributed by atoms with Gasteiger partial charge in [0.2, 0.25) is 11.8 Å². The third-order valence-electron chi connectivity index (χ3n) is 6.49. The van der Waals surface area contributed by atoms with Gasteiger partial charge in [-0.15, -0.1) is 0 Å². The molecule has 0 unspecified atom stereocenters. The van der Waals surface area contributed by atoms with Crippen molar-refractivity contribution in [1.29, 1.82) is 0 Å². The number of amides is 1. The summed E-state index contributed by atoms with van der Waals surface area (Å²) < 4.78 is 8.98. The summed E-state index contributed by atoms with van der Waals surface area (Å²) in [6, 6.07) is 10.9. The number of benzene rings is 1. The summed E-state index contributed by atoms with van der Waals surface area (Å²) in [6.45, 7) is 9.19. The van der Waals surface area contributed by atoms with Crippen LogP contribution in [0.25, 0.3) is 5.69 Å². The van der Waals surface area contributed by atoms with Gasteiger partial charge in [-0.2, -0.15) is 0 Å². The number of pyridine rings is 1. The first-order valence-corrected chi connectivity index (χ1v) is 13.4. The Labute approximate surface area is 234 Å². The Kier molecular flexibility index (Phi) is 10.1. The van der Waals surface area contributed by atoms with Crippen molar-refractivity contribution in [2.45, 2.75) is 53.5 Å². The summed E-state index contributed by atoms with van der Waals surface area (Å²) >= 11 is 6.06. The lowest BCUT2D eigenvalue weighted by Crippen LogP contribution is -2.28. The van der Waals surface area contributed by atoms with Crippen LogP contribution in [-0.4, -0.2) is 58.2 Å². The van der Waals surface area contributed by atoms with Crippen LogP contribution in [-0.2, 0) is 11.3 Å². The van der Waals surface area contributed by atoms with Gasteiger partial charge in [0.1, 0.15) is 5.69 Å². The molecule has 2 aromatic heterocycles. The summed E-state index contributed by atoms with van der Waals surface area (Å²) in [6.07, 6.45) is 2.23. The van der Waals surface area contributed by atoms with Crippen LogP contribution in [0.3, 0.4) is 0 Å². The monoisotopic (exact) mass is 555 g/mol. The Morgan fingerprint density at radius 1 is 1.18 bits per heavy atom. The van der Waals surface area contributed by atoms with Gasteiger partial charge < -0.3 is 15.0 Å². The predicted molar refractivity (Wildman–Crippen MR) is 154 cm³/mol. The molecule has 0 atom stereocenters. The first-order chi connectivity index (χ1) is 18.4. The van der Waals surface area contributed by atoms with E-state index < -0.39 is 5.41 Å². The van der Waals surface area contributed by atoms with Crippen LogP contribution in [0.1, 0.15) is 56.1 Å². The third-order valence-corrected chi connectivity index (χ3v) is 6.69. The summed E-state index contributed by atoms with van der Waals surface area (Å²) in [5, 5.41) is 3.22. The average Bonchev–Trinajstić information content (AvgIpc) is 3.11. The van der Waals surface area contributed by atoms with Crippen molar-refractivity contribution in [2.75, 3.05) is 32.6 Å². The number of nitrogens with one attached hydrogen (secondary N) is 1. The maximum absolute atomic E-state index is 13.5. The summed E-state index contributed by atoms with van der Waals surface area (Å²) in [5.41, 5.74) is 1.23. The number of carbonyl (C=O) groups is 2. The molecule has 2 heterocycles. The summed E-state index contributed by atoms with van der Waals surface area (Å²) in [4.78, 5) is 45.8. The van der Waals surface area contributed by atoms with Gasteiger partial charge in [-0.1, -0.05) is 43.6 Å². The van der Waals surface area contributed by atoms with Crippen LogP contribution in [0, 0.1) is 12.3 Å². The second-order valence-electron chi connectivity index (χ2n) is 10.6. The molecule has 1 N–H and O–H groups in total. The average molecular weight is 556 g/mol. The van der Waals surface area contributed by atoms with E-state index >= 15 is 0 Å². The van der Waals surface area contributed by atoms with Gasteiger partial charge in [0.25, 0.3) is 5.56 Å². The van der Waals surface area contributed by atoms with Crippen LogP contribution in [0.2, 0.25) is 5.02 Å². The Morgan fingerprint density at radius 2 is 1.87 bits per heavy atom. The van der Waals surface area contributed by atoms with Gasteiger partial charge in [0.15, 0.2) is 5.78 Å². The minimum atomic E-state index is -0.503. The topological polar surface area (TPSA) is 98.5 Å². The van der Waals surface area contributed by atoms with Crippen molar-refractivity contribution in [3.05, 3.63) is 69.2 Å². The van der Waals surface area contributed by atoms with Crippen molar-refractivity contribution >= 4 is 29.0 Å².